The van der Waals surface area contributed by atoms with Crippen molar-refractivity contribution in [1.82, 2.24) is 15.0 Å². The van der Waals surface area contributed by atoms with Gasteiger partial charge in [-0.25, -0.2) is 4.98 Å². The first-order valence-electron chi connectivity index (χ1n) is 9.24. The molecule has 0 aromatic carbocycles. The maximum absolute atomic E-state index is 13.4. The normalized spacial score (nSPS) is 19.2. The number of nitrogens with two attached hydrogens (primary N) is 1. The Balaban J connectivity index is 0.00000225. The van der Waals surface area contributed by atoms with Crippen molar-refractivity contribution < 1.29 is 9.32 Å². The molecule has 6 nitrogen and oxygen atoms in total. The zero-order chi connectivity index (χ0) is 19.3. The lowest BCUT2D eigenvalue weighted by Gasteiger charge is -2.22. The number of carbonyl (C=O) groups is 1. The Kier molecular flexibility index (Phi) is 5.79. The second kappa shape index (κ2) is 7.81. The Labute approximate surface area is 174 Å². The number of fused-ring (bicyclic) bond motifs is 1. The fourth-order valence-corrected chi connectivity index (χ4v) is 4.97. The van der Waals surface area contributed by atoms with Gasteiger partial charge in [-0.2, -0.15) is 0 Å². The van der Waals surface area contributed by atoms with E-state index in [4.69, 9.17) is 10.3 Å². The molecule has 0 radical (unpaired) electrons. The monoisotopic (exact) mass is 420 g/mol. The summed E-state index contributed by atoms with van der Waals surface area (Å²) in [5.74, 6) is 0.356. The Hall–Kier alpha value is -1.96. The largest absolute Gasteiger partial charge is 0.336 e. The molecule has 4 heterocycles. The predicted octanol–water partition coefficient (Wildman–Crippen LogP) is 4.11. The average molecular weight is 421 g/mol. The van der Waals surface area contributed by atoms with E-state index in [1.165, 1.54) is 9.75 Å². The third-order valence-corrected chi connectivity index (χ3v) is 6.39. The molecule has 150 valence electrons. The van der Waals surface area contributed by atoms with Gasteiger partial charge in [0, 0.05) is 27.9 Å². The fraction of sp³-hybridized carbons (Fsp3) is 0.450. The number of aryl methyl sites for hydroxylation is 3. The highest BCUT2D eigenvalue weighted by Gasteiger charge is 2.34. The van der Waals surface area contributed by atoms with Crippen LogP contribution in [0.25, 0.3) is 22.4 Å². The van der Waals surface area contributed by atoms with E-state index >= 15 is 0 Å². The number of amides is 1. The summed E-state index contributed by atoms with van der Waals surface area (Å²) in [5.41, 5.74) is 9.35. The first-order valence-corrected chi connectivity index (χ1v) is 10.1. The van der Waals surface area contributed by atoms with Crippen LogP contribution in [0.5, 0.6) is 0 Å². The molecule has 2 N–H and O–H groups in total. The van der Waals surface area contributed by atoms with Crippen LogP contribution in [-0.2, 0) is 0 Å². The highest BCUT2D eigenvalue weighted by molar-refractivity contribution is 7.12. The third kappa shape index (κ3) is 3.43. The molecule has 8 heteroatoms. The van der Waals surface area contributed by atoms with Crippen molar-refractivity contribution in [3.63, 3.8) is 0 Å². The Bertz CT molecular complexity index is 1030. The van der Waals surface area contributed by atoms with E-state index in [1.54, 1.807) is 11.3 Å². The Morgan fingerprint density at radius 3 is 2.71 bits per heavy atom. The van der Waals surface area contributed by atoms with Crippen molar-refractivity contribution >= 4 is 40.8 Å². The van der Waals surface area contributed by atoms with E-state index in [1.807, 2.05) is 17.9 Å². The maximum atomic E-state index is 13.4. The van der Waals surface area contributed by atoms with Gasteiger partial charge >= 0.3 is 0 Å². The topological polar surface area (TPSA) is 85.2 Å². The molecule has 1 saturated heterocycles. The van der Waals surface area contributed by atoms with E-state index in [2.05, 4.69) is 37.0 Å². The van der Waals surface area contributed by atoms with Crippen LogP contribution in [0, 0.1) is 26.7 Å². The minimum atomic E-state index is 0. The number of rotatable bonds is 3. The summed E-state index contributed by atoms with van der Waals surface area (Å²) in [6.45, 7) is 9.37. The lowest BCUT2D eigenvalue weighted by Crippen LogP contribution is -2.34. The van der Waals surface area contributed by atoms with Gasteiger partial charge in [0.25, 0.3) is 11.6 Å². The molecule has 1 amide bonds. The zero-order valence-electron chi connectivity index (χ0n) is 16.5. The molecule has 2 atom stereocenters. The molecule has 0 spiro atoms. The smallest absolute Gasteiger partial charge is 0.259 e. The summed E-state index contributed by atoms with van der Waals surface area (Å²) >= 11 is 1.72. The number of likely N-dealkylation sites (tertiary alicyclic amines) is 1. The van der Waals surface area contributed by atoms with E-state index in [0.717, 1.165) is 17.7 Å². The molecule has 1 aliphatic heterocycles. The highest BCUT2D eigenvalue weighted by atomic mass is 35.5. The van der Waals surface area contributed by atoms with E-state index in [0.29, 0.717) is 41.4 Å². The second-order valence-electron chi connectivity index (χ2n) is 7.47. The van der Waals surface area contributed by atoms with Gasteiger partial charge in [-0.1, -0.05) is 5.16 Å². The second-order valence-corrected chi connectivity index (χ2v) is 8.93. The van der Waals surface area contributed by atoms with Crippen LogP contribution in [0.1, 0.15) is 39.2 Å². The van der Waals surface area contributed by atoms with Crippen LogP contribution in [0.15, 0.2) is 16.7 Å². The molecule has 3 aromatic rings. The van der Waals surface area contributed by atoms with Crippen molar-refractivity contribution in [2.75, 3.05) is 13.1 Å². The standard InChI is InChI=1S/C20H24N4O2S.ClH/c1-10-5-14(8-21)9-24(10)20(25)16-7-17(15-6-11(2)27-13(15)4)22-19-18(16)12(3)23-26-19;/h6-7,10,14H,5,8-9,21H2,1-4H3;1H. The van der Waals surface area contributed by atoms with Crippen molar-refractivity contribution in [1.29, 1.82) is 0 Å². The summed E-state index contributed by atoms with van der Waals surface area (Å²) < 4.78 is 5.43. The van der Waals surface area contributed by atoms with Crippen molar-refractivity contribution in [2.24, 2.45) is 11.7 Å². The quantitative estimate of drug-likeness (QED) is 0.689. The van der Waals surface area contributed by atoms with Crippen LogP contribution in [0.3, 0.4) is 0 Å². The maximum Gasteiger partial charge on any atom is 0.259 e. The van der Waals surface area contributed by atoms with Gasteiger partial charge in [0.2, 0.25) is 0 Å². The molecule has 0 bridgehead atoms. The van der Waals surface area contributed by atoms with Gasteiger partial charge in [0.1, 0.15) is 0 Å². The summed E-state index contributed by atoms with van der Waals surface area (Å²) in [7, 11) is 0. The molecule has 0 saturated carbocycles. The molecule has 28 heavy (non-hydrogen) atoms. The van der Waals surface area contributed by atoms with Crippen molar-refractivity contribution in [3.8, 4) is 11.3 Å². The Morgan fingerprint density at radius 1 is 1.36 bits per heavy atom. The molecular formula is C20H25ClN4O2S. The molecule has 1 fully saturated rings. The van der Waals surface area contributed by atoms with Gasteiger partial charge in [-0.15, -0.1) is 23.7 Å². The van der Waals surface area contributed by atoms with Crippen LogP contribution >= 0.6 is 23.7 Å². The van der Waals surface area contributed by atoms with Crippen LogP contribution in [0.2, 0.25) is 0 Å². The average Bonchev–Trinajstić information content (AvgIpc) is 3.30. The summed E-state index contributed by atoms with van der Waals surface area (Å²) in [4.78, 5) is 22.4. The summed E-state index contributed by atoms with van der Waals surface area (Å²) in [6.07, 6.45) is 0.939. The van der Waals surface area contributed by atoms with Crippen molar-refractivity contribution in [2.45, 2.75) is 40.2 Å². The molecular weight excluding hydrogens is 396 g/mol. The van der Waals surface area contributed by atoms with Crippen LogP contribution in [-0.4, -0.2) is 40.1 Å². The minimum absolute atomic E-state index is 0. The van der Waals surface area contributed by atoms with E-state index < -0.39 is 0 Å². The number of halogens is 1. The summed E-state index contributed by atoms with van der Waals surface area (Å²) in [6, 6.07) is 4.17. The first kappa shape index (κ1) is 20.8. The van der Waals surface area contributed by atoms with Gasteiger partial charge in [0.05, 0.1) is 22.3 Å². The number of hydrogen-bond acceptors (Lipinski definition) is 6. The molecule has 4 rings (SSSR count). The van der Waals surface area contributed by atoms with E-state index in [9.17, 15) is 4.79 Å². The number of carbonyl (C=O) groups excluding carboxylic acids is 1. The number of hydrogen-bond donors (Lipinski definition) is 1. The van der Waals surface area contributed by atoms with Gasteiger partial charge in [-0.3, -0.25) is 4.79 Å². The number of aromatic nitrogens is 2. The fourth-order valence-electron chi connectivity index (χ4n) is 4.04. The third-order valence-electron chi connectivity index (χ3n) is 5.42. The molecule has 3 aromatic heterocycles. The molecule has 2 unspecified atom stereocenters. The Morgan fingerprint density at radius 2 is 2.11 bits per heavy atom. The zero-order valence-corrected chi connectivity index (χ0v) is 18.1. The highest BCUT2D eigenvalue weighted by Crippen LogP contribution is 2.34. The molecule has 0 aliphatic carbocycles. The number of pyridine rings is 1. The van der Waals surface area contributed by atoms with Gasteiger partial charge < -0.3 is 15.2 Å². The van der Waals surface area contributed by atoms with Crippen LogP contribution in [0.4, 0.5) is 0 Å². The lowest BCUT2D eigenvalue weighted by molar-refractivity contribution is 0.0745. The van der Waals surface area contributed by atoms with Gasteiger partial charge in [0.15, 0.2) is 0 Å². The first-order chi connectivity index (χ1) is 12.9. The predicted molar refractivity (Wildman–Crippen MR) is 114 cm³/mol. The van der Waals surface area contributed by atoms with E-state index in [-0.39, 0.29) is 24.4 Å². The SMILES string of the molecule is Cc1cc(-c2cc(C(=O)N3CC(CN)CC3C)c3c(C)noc3n2)c(C)s1.Cl. The minimum Gasteiger partial charge on any atom is -0.336 e. The van der Waals surface area contributed by atoms with Crippen LogP contribution < -0.4 is 5.73 Å². The molecule has 1 aliphatic rings. The lowest BCUT2D eigenvalue weighted by atomic mass is 10.0. The summed E-state index contributed by atoms with van der Waals surface area (Å²) in [5, 5.41) is 4.76. The number of nitrogens with zero attached hydrogens (tertiary/aromatic N) is 3. The number of thiophene rings is 1. The van der Waals surface area contributed by atoms with Gasteiger partial charge in [-0.05, 0) is 58.7 Å². The van der Waals surface area contributed by atoms with Crippen molar-refractivity contribution in [3.05, 3.63) is 33.1 Å².